The Morgan fingerprint density at radius 3 is 2.79 bits per heavy atom. The van der Waals surface area contributed by atoms with Gasteiger partial charge in [0.15, 0.2) is 0 Å². The lowest BCUT2D eigenvalue weighted by molar-refractivity contribution is -0.134. The van der Waals surface area contributed by atoms with Gasteiger partial charge in [0, 0.05) is 25.6 Å². The van der Waals surface area contributed by atoms with E-state index in [0.29, 0.717) is 32.5 Å². The van der Waals surface area contributed by atoms with Crippen LogP contribution in [0.2, 0.25) is 0 Å². The smallest absolute Gasteiger partial charge is 0.251 e. The predicted molar refractivity (Wildman–Crippen MR) is 89.3 cm³/mol. The van der Waals surface area contributed by atoms with Gasteiger partial charge in [0.1, 0.15) is 11.9 Å². The van der Waals surface area contributed by atoms with Crippen LogP contribution in [0.25, 0.3) is 0 Å². The molecule has 1 aromatic heterocycles. The number of likely N-dealkylation sites (tertiary alicyclic amines) is 1. The fraction of sp³-hybridized carbons (Fsp3) is 0.389. The Labute approximate surface area is 140 Å². The van der Waals surface area contributed by atoms with E-state index in [0.717, 1.165) is 11.4 Å². The zero-order valence-electron chi connectivity index (χ0n) is 13.7. The average molecular weight is 324 g/mol. The summed E-state index contributed by atoms with van der Waals surface area (Å²) in [5.74, 6) is 0.892. The van der Waals surface area contributed by atoms with Crippen LogP contribution in [0.5, 0.6) is 0 Å². The van der Waals surface area contributed by atoms with Crippen molar-refractivity contribution in [1.82, 2.24) is 14.7 Å². The van der Waals surface area contributed by atoms with Crippen LogP contribution in [0.4, 0.5) is 5.82 Å². The van der Waals surface area contributed by atoms with E-state index in [-0.39, 0.29) is 17.9 Å². The molecule has 2 amide bonds. The molecule has 1 aromatic carbocycles. The van der Waals surface area contributed by atoms with Crippen LogP contribution in [0.3, 0.4) is 0 Å². The SMILES string of the molecule is Cc1ccc(CN2C(=O)CCC2C(=O)N2CCn3nccc32)cc1. The highest BCUT2D eigenvalue weighted by Crippen LogP contribution is 2.27. The van der Waals surface area contributed by atoms with Crippen LogP contribution in [0.15, 0.2) is 36.5 Å². The Morgan fingerprint density at radius 2 is 2.00 bits per heavy atom. The zero-order valence-corrected chi connectivity index (χ0v) is 13.7. The summed E-state index contributed by atoms with van der Waals surface area (Å²) < 4.78 is 1.83. The molecule has 3 heterocycles. The van der Waals surface area contributed by atoms with Crippen molar-refractivity contribution < 1.29 is 9.59 Å². The number of aryl methyl sites for hydroxylation is 1. The largest absolute Gasteiger partial charge is 0.326 e. The van der Waals surface area contributed by atoms with Crippen LogP contribution >= 0.6 is 0 Å². The molecular formula is C18H20N4O2. The van der Waals surface area contributed by atoms with Gasteiger partial charge in [-0.3, -0.25) is 14.5 Å². The van der Waals surface area contributed by atoms with Crippen LogP contribution in [0.1, 0.15) is 24.0 Å². The molecule has 0 radical (unpaired) electrons. The van der Waals surface area contributed by atoms with E-state index < -0.39 is 0 Å². The Kier molecular flexibility index (Phi) is 3.59. The van der Waals surface area contributed by atoms with E-state index in [2.05, 4.69) is 5.10 Å². The molecule has 6 heteroatoms. The van der Waals surface area contributed by atoms with Gasteiger partial charge >= 0.3 is 0 Å². The third kappa shape index (κ3) is 2.48. The van der Waals surface area contributed by atoms with Crippen molar-refractivity contribution in [3.8, 4) is 0 Å². The van der Waals surface area contributed by atoms with Gasteiger partial charge in [-0.15, -0.1) is 0 Å². The summed E-state index contributed by atoms with van der Waals surface area (Å²) in [5.41, 5.74) is 2.24. The van der Waals surface area contributed by atoms with Gasteiger partial charge in [0.2, 0.25) is 5.91 Å². The number of hydrogen-bond donors (Lipinski definition) is 0. The first-order valence-corrected chi connectivity index (χ1v) is 8.32. The Morgan fingerprint density at radius 1 is 1.21 bits per heavy atom. The van der Waals surface area contributed by atoms with Gasteiger partial charge in [-0.2, -0.15) is 5.10 Å². The second kappa shape index (κ2) is 5.78. The number of rotatable bonds is 3. The first kappa shape index (κ1) is 14.9. The predicted octanol–water partition coefficient (Wildman–Crippen LogP) is 1.73. The minimum absolute atomic E-state index is 0.00668. The van der Waals surface area contributed by atoms with E-state index in [1.54, 1.807) is 16.0 Å². The third-order valence-electron chi connectivity index (χ3n) is 4.86. The third-order valence-corrected chi connectivity index (χ3v) is 4.86. The van der Waals surface area contributed by atoms with Crippen molar-refractivity contribution in [3.05, 3.63) is 47.7 Å². The maximum absolute atomic E-state index is 13.0. The monoisotopic (exact) mass is 324 g/mol. The number of amides is 2. The topological polar surface area (TPSA) is 58.4 Å². The van der Waals surface area contributed by atoms with Crippen molar-refractivity contribution in [3.63, 3.8) is 0 Å². The number of fused-ring (bicyclic) bond motifs is 1. The van der Waals surface area contributed by atoms with Gasteiger partial charge < -0.3 is 4.90 Å². The van der Waals surface area contributed by atoms with E-state index in [4.69, 9.17) is 0 Å². The van der Waals surface area contributed by atoms with E-state index >= 15 is 0 Å². The molecule has 0 aliphatic carbocycles. The molecule has 1 unspecified atom stereocenters. The Hall–Kier alpha value is -2.63. The van der Waals surface area contributed by atoms with Gasteiger partial charge in [0.05, 0.1) is 12.7 Å². The molecule has 6 nitrogen and oxygen atoms in total. The lowest BCUT2D eigenvalue weighted by atomic mass is 10.1. The van der Waals surface area contributed by atoms with E-state index in [1.807, 2.05) is 41.9 Å². The van der Waals surface area contributed by atoms with Crippen molar-refractivity contribution in [1.29, 1.82) is 0 Å². The summed E-state index contributed by atoms with van der Waals surface area (Å²) in [6.45, 7) is 3.87. The highest BCUT2D eigenvalue weighted by Gasteiger charge is 2.40. The summed E-state index contributed by atoms with van der Waals surface area (Å²) in [5, 5.41) is 4.21. The first-order chi connectivity index (χ1) is 11.6. The first-order valence-electron chi connectivity index (χ1n) is 8.32. The van der Waals surface area contributed by atoms with Crippen LogP contribution in [-0.2, 0) is 22.7 Å². The molecule has 0 N–H and O–H groups in total. The second-order valence-electron chi connectivity index (χ2n) is 6.46. The maximum Gasteiger partial charge on any atom is 0.251 e. The van der Waals surface area contributed by atoms with Crippen molar-refractivity contribution >= 4 is 17.6 Å². The van der Waals surface area contributed by atoms with Gasteiger partial charge in [-0.1, -0.05) is 29.8 Å². The van der Waals surface area contributed by atoms with Gasteiger partial charge in [-0.05, 0) is 18.9 Å². The number of benzene rings is 1. The lowest BCUT2D eigenvalue weighted by Crippen LogP contribution is -2.46. The molecule has 0 saturated carbocycles. The second-order valence-corrected chi connectivity index (χ2v) is 6.46. The summed E-state index contributed by atoms with van der Waals surface area (Å²) >= 11 is 0. The molecule has 0 spiro atoms. The Balaban J connectivity index is 1.54. The standard InChI is InChI=1S/C18H20N4O2/c1-13-2-4-14(5-3-13)12-21-15(6-7-17(21)23)18(24)20-10-11-22-16(20)8-9-19-22/h2-5,8-9,15H,6-7,10-12H2,1H3. The van der Waals surface area contributed by atoms with Crippen molar-refractivity contribution in [2.45, 2.75) is 38.9 Å². The highest BCUT2D eigenvalue weighted by atomic mass is 16.2. The van der Waals surface area contributed by atoms with Crippen LogP contribution in [0, 0.1) is 6.92 Å². The molecule has 4 rings (SSSR count). The molecular weight excluding hydrogens is 304 g/mol. The van der Waals surface area contributed by atoms with Gasteiger partial charge in [0.25, 0.3) is 5.91 Å². The molecule has 2 aliphatic heterocycles. The molecule has 124 valence electrons. The van der Waals surface area contributed by atoms with E-state index in [1.165, 1.54) is 5.56 Å². The number of aromatic nitrogens is 2. The van der Waals surface area contributed by atoms with Gasteiger partial charge in [-0.25, -0.2) is 4.68 Å². The quantitative estimate of drug-likeness (QED) is 0.864. The maximum atomic E-state index is 13.0. The molecule has 2 aliphatic rings. The number of carbonyl (C=O) groups is 2. The summed E-state index contributed by atoms with van der Waals surface area (Å²) in [6, 6.07) is 9.59. The lowest BCUT2D eigenvalue weighted by Gasteiger charge is -2.27. The number of anilines is 1. The van der Waals surface area contributed by atoms with Crippen LogP contribution < -0.4 is 4.90 Å². The summed E-state index contributed by atoms with van der Waals surface area (Å²) in [4.78, 5) is 28.8. The number of carbonyl (C=O) groups excluding carboxylic acids is 2. The molecule has 2 aromatic rings. The fourth-order valence-corrected chi connectivity index (χ4v) is 3.52. The number of nitrogens with zero attached hydrogens (tertiary/aromatic N) is 4. The molecule has 0 bridgehead atoms. The zero-order chi connectivity index (χ0) is 16.7. The molecule has 1 fully saturated rings. The van der Waals surface area contributed by atoms with Crippen molar-refractivity contribution in [2.75, 3.05) is 11.4 Å². The number of hydrogen-bond acceptors (Lipinski definition) is 3. The summed E-state index contributed by atoms with van der Waals surface area (Å²) in [6.07, 6.45) is 2.74. The minimum atomic E-state index is -0.375. The fourth-order valence-electron chi connectivity index (χ4n) is 3.52. The molecule has 1 saturated heterocycles. The van der Waals surface area contributed by atoms with Crippen LogP contribution in [-0.4, -0.2) is 39.1 Å². The highest BCUT2D eigenvalue weighted by molar-refractivity contribution is 6.00. The van der Waals surface area contributed by atoms with Crippen molar-refractivity contribution in [2.24, 2.45) is 0 Å². The molecule has 24 heavy (non-hydrogen) atoms. The van der Waals surface area contributed by atoms with E-state index in [9.17, 15) is 9.59 Å². The summed E-state index contributed by atoms with van der Waals surface area (Å²) in [7, 11) is 0. The average Bonchev–Trinajstić information content (AvgIpc) is 3.26. The normalized spacial score (nSPS) is 19.9. The Bertz CT molecular complexity index is 781. The molecule has 1 atom stereocenters. The minimum Gasteiger partial charge on any atom is -0.326 e.